The summed E-state index contributed by atoms with van der Waals surface area (Å²) in [5.41, 5.74) is 8.26. The average Bonchev–Trinajstić information content (AvgIpc) is 3.51. The van der Waals surface area contributed by atoms with Crippen LogP contribution < -0.4 is 4.98 Å². The number of aromatic carboxylic acids is 1. The summed E-state index contributed by atoms with van der Waals surface area (Å²) >= 11 is 0. The van der Waals surface area contributed by atoms with E-state index in [0.29, 0.717) is 24.8 Å². The van der Waals surface area contributed by atoms with Gasteiger partial charge in [0.15, 0.2) is 0 Å². The number of fused-ring (bicyclic) bond motifs is 4. The number of carboxylic acid groups (broad SMARTS) is 1. The summed E-state index contributed by atoms with van der Waals surface area (Å²) in [7, 11) is 0. The van der Waals surface area contributed by atoms with Gasteiger partial charge in [0.05, 0.1) is 5.56 Å². The van der Waals surface area contributed by atoms with Crippen LogP contribution in [-0.4, -0.2) is 28.0 Å². The van der Waals surface area contributed by atoms with E-state index in [0.717, 1.165) is 68.1 Å². The molecule has 2 fully saturated rings. The molecule has 1 radical (unpaired) electrons. The number of hydrogen-bond acceptors (Lipinski definition) is 1. The minimum atomic E-state index is -0.966. The van der Waals surface area contributed by atoms with E-state index in [-0.39, 0.29) is 154 Å². The number of nitrogens with zero attached hydrogens (tertiary/aromatic N) is 2. The molecule has 0 amide bonds. The summed E-state index contributed by atoms with van der Waals surface area (Å²) in [4.78, 5) is 15.7. The first-order chi connectivity index (χ1) is 21.9. The maximum atomic E-state index is 14.8. The van der Waals surface area contributed by atoms with Crippen LogP contribution in [0.3, 0.4) is 0 Å². The molecule has 273 valence electrons. The average molecular weight is 982 g/mol. The largest absolute Gasteiger partial charge is 2.00 e. The van der Waals surface area contributed by atoms with E-state index in [1.54, 1.807) is 18.2 Å². The van der Waals surface area contributed by atoms with E-state index < -0.39 is 18.3 Å². The minimum Gasteiger partial charge on any atom is -0.661 e. The number of carbonyl (C=O) groups is 1. The molecule has 2 aliphatic carbocycles. The second-order valence-electron chi connectivity index (χ2n) is 13.6. The second-order valence-corrected chi connectivity index (χ2v) is 13.6. The molecule has 10 heteroatoms. The van der Waals surface area contributed by atoms with Crippen LogP contribution in [0.2, 0.25) is 0 Å². The molecular weight excluding hydrogens is 931 g/mol. The van der Waals surface area contributed by atoms with Crippen LogP contribution in [0.5, 0.6) is 0 Å². The molecule has 4 nitrogen and oxygen atoms in total. The molecule has 4 atom stereocenters. The van der Waals surface area contributed by atoms with Crippen molar-refractivity contribution in [2.24, 2.45) is 0 Å². The molecule has 0 spiro atoms. The van der Waals surface area contributed by atoms with Gasteiger partial charge in [0, 0.05) is 143 Å². The predicted molar refractivity (Wildman–Crippen MR) is 185 cm³/mol. The van der Waals surface area contributed by atoms with Gasteiger partial charge in [0.2, 0.25) is 0 Å². The van der Waals surface area contributed by atoms with Crippen molar-refractivity contribution in [2.75, 3.05) is 0 Å². The Morgan fingerprint density at radius 3 is 2.08 bits per heavy atom. The van der Waals surface area contributed by atoms with Crippen molar-refractivity contribution in [1.29, 1.82) is 0 Å². The summed E-state index contributed by atoms with van der Waals surface area (Å²) in [6.07, 6.45) is 13.7. The quantitative estimate of drug-likeness (QED) is 0.203. The standard InChI is InChI=1S/C21H28FN.C18H20FNO2.CH3.2Ar.W.Y/c1-15-11-12-17-20(14-15)23-13-7-3-2-4-10-19(23)21(17)16-8-5-6-9-18(16)22;1-2-5-15-17(12-6-3-4-7-14(12)19)13-9-8-11(18(21)22)10-16(13)20-15;;;;;/h11-12,14,16,18H,2-10,13H2,1H3;8-10,12,14H,1-7H2,(H,21,22);1H3;;;;/q;-2;-1;;;+2;. The van der Waals surface area contributed by atoms with Crippen molar-refractivity contribution in [2.45, 2.75) is 134 Å². The van der Waals surface area contributed by atoms with Gasteiger partial charge in [-0.15, -0.1) is 5.52 Å². The second kappa shape index (κ2) is 23.3. The monoisotopic (exact) mass is 982 g/mol. The molecule has 7 rings (SSSR count). The number of carboxylic acids is 1. The van der Waals surface area contributed by atoms with Crippen LogP contribution >= 0.6 is 0 Å². The molecule has 2 saturated carbocycles. The predicted octanol–water partition coefficient (Wildman–Crippen LogP) is 10.8. The van der Waals surface area contributed by atoms with Gasteiger partial charge in [-0.2, -0.15) is 12.1 Å². The topological polar surface area (TPSA) is 56.3 Å². The SMILES string of the molecule is Cc1ccc2c(C3CCCCC3F)c3n(c2c1)CCCCCC3.[Ar].[Ar].[CH2-]CCc1[n-]c2cc(C(=O)O)ccc2c1C1CCCCC1F.[CH3-].[W+2].[Y]. The number of aromatic nitrogens is 2. The van der Waals surface area contributed by atoms with Crippen molar-refractivity contribution in [3.05, 3.63) is 84.4 Å². The molecule has 50 heavy (non-hydrogen) atoms. The number of rotatable bonds is 5. The zero-order valence-electron chi connectivity index (χ0n) is 29.5. The molecule has 2 aromatic carbocycles. The number of benzene rings is 2. The molecule has 3 aliphatic rings. The van der Waals surface area contributed by atoms with E-state index in [4.69, 9.17) is 5.11 Å². The molecule has 0 bridgehead atoms. The van der Waals surface area contributed by atoms with Crippen molar-refractivity contribution in [3.63, 3.8) is 0 Å². The van der Waals surface area contributed by atoms with Gasteiger partial charge in [-0.05, 0) is 80.5 Å². The fraction of sp³-hybridized carbons (Fsp3) is 0.525. The Balaban J connectivity index is 0.000000455. The van der Waals surface area contributed by atoms with Crippen LogP contribution in [-0.2, 0) is 73.2 Å². The molecule has 4 unspecified atom stereocenters. The summed E-state index contributed by atoms with van der Waals surface area (Å²) < 4.78 is 31.7. The Kier molecular flexibility index (Phi) is 22.9. The van der Waals surface area contributed by atoms with Gasteiger partial charge in [-0.3, -0.25) is 0 Å². The Hall–Kier alpha value is 1.16. The minimum absolute atomic E-state index is 0. The van der Waals surface area contributed by atoms with Gasteiger partial charge >= 0.3 is 27.0 Å². The summed E-state index contributed by atoms with van der Waals surface area (Å²) in [6, 6.07) is 11.7. The van der Waals surface area contributed by atoms with Gasteiger partial charge in [-0.25, -0.2) is 13.6 Å². The number of halogens is 2. The maximum Gasteiger partial charge on any atom is 2.00 e. The van der Waals surface area contributed by atoms with Crippen molar-refractivity contribution in [3.8, 4) is 0 Å². The Bertz CT molecular complexity index is 1660. The fourth-order valence-electron chi connectivity index (χ4n) is 8.33. The van der Waals surface area contributed by atoms with Crippen molar-refractivity contribution < 1.29 is 148 Å². The third-order valence-electron chi connectivity index (χ3n) is 10.5. The van der Waals surface area contributed by atoms with Gasteiger partial charge in [0.25, 0.3) is 0 Å². The fourth-order valence-corrected chi connectivity index (χ4v) is 8.33. The molecule has 2 aromatic heterocycles. The molecular formula is C40H51Ar2F2N2O2WY-. The third-order valence-corrected chi connectivity index (χ3v) is 10.5. The first kappa shape index (κ1) is 49.2. The van der Waals surface area contributed by atoms with Crippen LogP contribution in [0.15, 0.2) is 36.4 Å². The van der Waals surface area contributed by atoms with Crippen LogP contribution in [0.4, 0.5) is 8.78 Å². The summed E-state index contributed by atoms with van der Waals surface area (Å²) in [6.45, 7) is 7.15. The van der Waals surface area contributed by atoms with Crippen LogP contribution in [0.1, 0.15) is 134 Å². The third kappa shape index (κ3) is 11.1. The number of aryl methyl sites for hydroxylation is 3. The van der Waals surface area contributed by atoms with E-state index in [9.17, 15) is 13.6 Å². The first-order valence-corrected chi connectivity index (χ1v) is 17.4. The maximum absolute atomic E-state index is 14.8. The van der Waals surface area contributed by atoms with Crippen LogP contribution in [0, 0.1) is 96.8 Å². The zero-order valence-corrected chi connectivity index (χ0v) is 36.7. The molecule has 1 aliphatic heterocycles. The molecule has 0 saturated heterocycles. The van der Waals surface area contributed by atoms with E-state index in [1.807, 2.05) is 0 Å². The normalized spacial score (nSPS) is 21.6. The number of alkyl halides is 2. The van der Waals surface area contributed by atoms with Crippen molar-refractivity contribution in [1.82, 2.24) is 9.55 Å². The van der Waals surface area contributed by atoms with Crippen molar-refractivity contribution >= 4 is 27.8 Å². The molecule has 1 N–H and O–H groups in total. The Labute approximate surface area is 398 Å². The Morgan fingerprint density at radius 1 is 0.860 bits per heavy atom. The Morgan fingerprint density at radius 2 is 1.46 bits per heavy atom. The molecule has 3 heterocycles. The van der Waals surface area contributed by atoms with E-state index in [2.05, 4.69) is 41.6 Å². The van der Waals surface area contributed by atoms with E-state index >= 15 is 0 Å². The van der Waals surface area contributed by atoms with E-state index in [1.165, 1.54) is 59.8 Å². The van der Waals surface area contributed by atoms with Crippen LogP contribution in [0.25, 0.3) is 21.8 Å². The smallest absolute Gasteiger partial charge is 0.661 e. The number of hydrogen-bond donors (Lipinski definition) is 1. The molecule has 4 aromatic rings. The first-order valence-electron chi connectivity index (χ1n) is 17.4. The summed E-state index contributed by atoms with van der Waals surface area (Å²) in [5.74, 6) is -0.952. The van der Waals surface area contributed by atoms with Gasteiger partial charge < -0.3 is 29.0 Å². The van der Waals surface area contributed by atoms with Gasteiger partial charge in [0.1, 0.15) is 12.3 Å². The zero-order chi connectivity index (χ0) is 31.5. The van der Waals surface area contributed by atoms with Gasteiger partial charge in [-0.1, -0.05) is 74.8 Å². The summed E-state index contributed by atoms with van der Waals surface area (Å²) in [5, 5.41) is 11.4.